The number of hydrogen-bond donors (Lipinski definition) is 0. The predicted molar refractivity (Wildman–Crippen MR) is 208 cm³/mol. The first-order chi connectivity index (χ1) is 23.0. The quantitative estimate of drug-likeness (QED) is 0.191. The van der Waals surface area contributed by atoms with Gasteiger partial charge < -0.3 is 9.30 Å². The Hall–Kier alpha value is -5.34. The van der Waals surface area contributed by atoms with Gasteiger partial charge in [0.1, 0.15) is 0 Å². The summed E-state index contributed by atoms with van der Waals surface area (Å²) in [4.78, 5) is 2.40. The molecule has 234 valence electrons. The van der Waals surface area contributed by atoms with Gasteiger partial charge in [0.2, 0.25) is 0 Å². The maximum Gasteiger partial charge on any atom is 0.0620 e. The van der Waals surface area contributed by atoms with E-state index < -0.39 is 0 Å². The van der Waals surface area contributed by atoms with Gasteiger partial charge in [0, 0.05) is 38.6 Å². The molecule has 0 aliphatic rings. The molecule has 7 aromatic carbocycles. The summed E-state index contributed by atoms with van der Waals surface area (Å²) in [7, 11) is 0. The Bertz CT molecular complexity index is 2600. The van der Waals surface area contributed by atoms with Gasteiger partial charge in [-0.2, -0.15) is 0 Å². The fourth-order valence-corrected chi connectivity index (χ4v) is 7.70. The first-order valence-electron chi connectivity index (χ1n) is 17.1. The van der Waals surface area contributed by atoms with E-state index in [2.05, 4.69) is 184 Å². The maximum absolute atomic E-state index is 2.50. The zero-order valence-electron chi connectivity index (χ0n) is 28.6. The van der Waals surface area contributed by atoms with Crippen molar-refractivity contribution in [2.24, 2.45) is 0 Å². The molecule has 0 spiro atoms. The first kappa shape index (κ1) is 28.8. The molecule has 0 aliphatic heterocycles. The second kappa shape index (κ2) is 10.1. The van der Waals surface area contributed by atoms with Crippen LogP contribution in [0.15, 0.2) is 133 Å². The number of benzene rings is 7. The minimum Gasteiger partial charge on any atom is -0.310 e. The number of nitrogens with zero attached hydrogens (tertiary/aromatic N) is 2. The number of aromatic nitrogens is 1. The van der Waals surface area contributed by atoms with Crippen molar-refractivity contribution in [3.63, 3.8) is 0 Å². The molecule has 9 rings (SSSR count). The van der Waals surface area contributed by atoms with Gasteiger partial charge in [-0.25, -0.2) is 0 Å². The van der Waals surface area contributed by atoms with Crippen molar-refractivity contribution >= 4 is 76.7 Å². The second-order valence-corrected chi connectivity index (χ2v) is 15.6. The summed E-state index contributed by atoms with van der Waals surface area (Å²) in [5.74, 6) is 0. The van der Waals surface area contributed by atoms with Crippen molar-refractivity contribution in [3.8, 4) is 0 Å². The van der Waals surface area contributed by atoms with Crippen LogP contribution >= 0.6 is 0 Å². The van der Waals surface area contributed by atoms with Crippen molar-refractivity contribution in [1.29, 1.82) is 0 Å². The Labute approximate surface area is 282 Å². The molecule has 0 N–H and O–H groups in total. The van der Waals surface area contributed by atoms with Crippen molar-refractivity contribution in [2.75, 3.05) is 4.90 Å². The molecule has 48 heavy (non-hydrogen) atoms. The van der Waals surface area contributed by atoms with E-state index in [1.807, 2.05) is 0 Å². The highest BCUT2D eigenvalue weighted by atomic mass is 15.1. The molecule has 2 nitrogen and oxygen atoms in total. The SMILES string of the molecule is CC(C)(C)c1ccc(N(c2ccc(C(C)(C)C)cc2)c2ccc3cc4c5cccc6c7cc8ccccc8cc7n(c4cc3c2)c65)cc1. The molecule has 0 saturated carbocycles. The molecule has 0 unspecified atom stereocenters. The molecular weight excluding hydrogens is 581 g/mol. The van der Waals surface area contributed by atoms with Gasteiger partial charge in [-0.3, -0.25) is 0 Å². The smallest absolute Gasteiger partial charge is 0.0620 e. The molecule has 9 aromatic rings. The van der Waals surface area contributed by atoms with E-state index in [0.717, 1.165) is 17.1 Å². The van der Waals surface area contributed by atoms with Crippen molar-refractivity contribution < 1.29 is 0 Å². The van der Waals surface area contributed by atoms with Gasteiger partial charge in [0.05, 0.1) is 16.6 Å². The monoisotopic (exact) mass is 620 g/mol. The molecule has 0 bridgehead atoms. The van der Waals surface area contributed by atoms with E-state index in [1.54, 1.807) is 0 Å². The average Bonchev–Trinajstić information content (AvgIpc) is 3.57. The third-order valence-corrected chi connectivity index (χ3v) is 10.4. The van der Waals surface area contributed by atoms with E-state index in [1.165, 1.54) is 70.8 Å². The zero-order valence-corrected chi connectivity index (χ0v) is 28.6. The van der Waals surface area contributed by atoms with E-state index >= 15 is 0 Å². The fraction of sp³-hybridized carbons (Fsp3) is 0.174. The largest absolute Gasteiger partial charge is 0.310 e. The summed E-state index contributed by atoms with van der Waals surface area (Å²) >= 11 is 0. The van der Waals surface area contributed by atoms with Crippen LogP contribution in [0.5, 0.6) is 0 Å². The van der Waals surface area contributed by atoms with Crippen LogP contribution in [0.25, 0.3) is 59.6 Å². The standard InChI is InChI=1S/C46H40N2/c1-45(2,3)33-15-20-35(21-16-33)47(36-22-17-34(18-23-36)46(4,5)6)37-19-14-31-26-41-39-13-9-12-38-40-25-29-10-7-8-11-30(29)27-42(40)48(44(38)39)43(41)28-32(31)24-37/h7-28H,1-6H3. The first-order valence-corrected chi connectivity index (χ1v) is 17.1. The molecule has 0 fully saturated rings. The Kier molecular flexibility index (Phi) is 6.06. The highest BCUT2D eigenvalue weighted by Gasteiger charge is 2.21. The highest BCUT2D eigenvalue weighted by Crippen LogP contribution is 2.43. The van der Waals surface area contributed by atoms with Gasteiger partial charge in [-0.15, -0.1) is 0 Å². The summed E-state index contributed by atoms with van der Waals surface area (Å²) in [6.45, 7) is 13.6. The molecule has 0 saturated heterocycles. The van der Waals surface area contributed by atoms with Crippen LogP contribution in [0.1, 0.15) is 52.7 Å². The third-order valence-electron chi connectivity index (χ3n) is 10.4. The average molecular weight is 621 g/mol. The Morgan fingerprint density at radius 3 is 1.38 bits per heavy atom. The fourth-order valence-electron chi connectivity index (χ4n) is 7.70. The second-order valence-electron chi connectivity index (χ2n) is 15.6. The Balaban J connectivity index is 1.27. The minimum atomic E-state index is 0.0962. The molecule has 0 amide bonds. The third kappa shape index (κ3) is 4.39. The number of rotatable bonds is 3. The zero-order chi connectivity index (χ0) is 32.9. The van der Waals surface area contributed by atoms with Crippen molar-refractivity contribution in [2.45, 2.75) is 52.4 Å². The van der Waals surface area contributed by atoms with Crippen LogP contribution in [0.3, 0.4) is 0 Å². The summed E-state index contributed by atoms with van der Waals surface area (Å²) in [6, 6.07) is 50.2. The number of anilines is 3. The van der Waals surface area contributed by atoms with Gasteiger partial charge in [-0.05, 0) is 104 Å². The highest BCUT2D eigenvalue weighted by molar-refractivity contribution is 6.26. The topological polar surface area (TPSA) is 7.65 Å². The lowest BCUT2D eigenvalue weighted by Crippen LogP contribution is -2.14. The van der Waals surface area contributed by atoms with Gasteiger partial charge in [-0.1, -0.05) is 114 Å². The van der Waals surface area contributed by atoms with Crippen LogP contribution in [0.2, 0.25) is 0 Å². The Morgan fingerprint density at radius 2 is 0.854 bits per heavy atom. The van der Waals surface area contributed by atoms with Crippen LogP contribution in [0.4, 0.5) is 17.1 Å². The van der Waals surface area contributed by atoms with E-state index in [-0.39, 0.29) is 10.8 Å². The minimum absolute atomic E-state index is 0.0962. The summed E-state index contributed by atoms with van der Waals surface area (Å²) in [6.07, 6.45) is 0. The van der Waals surface area contributed by atoms with E-state index in [0.29, 0.717) is 0 Å². The Morgan fingerprint density at radius 1 is 0.396 bits per heavy atom. The van der Waals surface area contributed by atoms with E-state index in [4.69, 9.17) is 0 Å². The summed E-state index contributed by atoms with van der Waals surface area (Å²) in [5, 5.41) is 10.3. The van der Waals surface area contributed by atoms with Crippen LogP contribution in [0, 0.1) is 0 Å². The predicted octanol–water partition coefficient (Wildman–Crippen LogP) is 13.2. The molecule has 0 aliphatic carbocycles. The van der Waals surface area contributed by atoms with Gasteiger partial charge >= 0.3 is 0 Å². The molecule has 0 atom stereocenters. The lowest BCUT2D eigenvalue weighted by molar-refractivity contribution is 0.590. The van der Waals surface area contributed by atoms with Crippen LogP contribution in [-0.4, -0.2) is 4.40 Å². The number of para-hydroxylation sites is 1. The van der Waals surface area contributed by atoms with Crippen molar-refractivity contribution in [1.82, 2.24) is 4.40 Å². The van der Waals surface area contributed by atoms with Crippen molar-refractivity contribution in [3.05, 3.63) is 145 Å². The molecule has 2 heterocycles. The van der Waals surface area contributed by atoms with Gasteiger partial charge in [0.25, 0.3) is 0 Å². The molecule has 0 radical (unpaired) electrons. The summed E-state index contributed by atoms with van der Waals surface area (Å²) in [5.41, 5.74) is 10.2. The maximum atomic E-state index is 2.50. The van der Waals surface area contributed by atoms with E-state index in [9.17, 15) is 0 Å². The molecular formula is C46H40N2. The van der Waals surface area contributed by atoms with Gasteiger partial charge in [0.15, 0.2) is 0 Å². The lowest BCUT2D eigenvalue weighted by atomic mass is 9.86. The normalized spacial score (nSPS) is 12.8. The molecule has 2 heteroatoms. The summed E-state index contributed by atoms with van der Waals surface area (Å²) < 4.78 is 2.50. The number of hydrogen-bond acceptors (Lipinski definition) is 1. The van der Waals surface area contributed by atoms with Crippen LogP contribution < -0.4 is 4.90 Å². The number of fused-ring (bicyclic) bond motifs is 8. The molecule has 2 aromatic heterocycles. The lowest BCUT2D eigenvalue weighted by Gasteiger charge is -2.28. The van der Waals surface area contributed by atoms with Crippen LogP contribution in [-0.2, 0) is 10.8 Å².